The summed E-state index contributed by atoms with van der Waals surface area (Å²) in [5, 5.41) is 15.6. The molecule has 2 aromatic rings. The second-order valence-corrected chi connectivity index (χ2v) is 12.9. The first kappa shape index (κ1) is 39.2. The van der Waals surface area contributed by atoms with E-state index in [1.54, 1.807) is 40.2 Å². The van der Waals surface area contributed by atoms with Crippen LogP contribution in [0.2, 0.25) is 0 Å². The molecule has 0 radical (unpaired) electrons. The molecule has 0 spiro atoms. The van der Waals surface area contributed by atoms with Crippen LogP contribution in [0.1, 0.15) is 49.7 Å². The predicted molar refractivity (Wildman–Crippen MR) is 182 cm³/mol. The van der Waals surface area contributed by atoms with Gasteiger partial charge in [0.2, 0.25) is 11.8 Å². The fourth-order valence-electron chi connectivity index (χ4n) is 6.09. The minimum atomic E-state index is -0.586. The maximum atomic E-state index is 12.4. The van der Waals surface area contributed by atoms with Crippen molar-refractivity contribution in [2.24, 2.45) is 11.8 Å². The van der Waals surface area contributed by atoms with Crippen LogP contribution in [-0.4, -0.2) is 105 Å². The molecule has 0 bridgehead atoms. The summed E-state index contributed by atoms with van der Waals surface area (Å²) in [6.07, 6.45) is 1.49. The highest BCUT2D eigenvalue weighted by atomic mass is 16.7. The van der Waals surface area contributed by atoms with Gasteiger partial charge in [0.25, 0.3) is 0 Å². The van der Waals surface area contributed by atoms with E-state index >= 15 is 0 Å². The molecule has 6 atom stereocenters. The summed E-state index contributed by atoms with van der Waals surface area (Å²) in [5.41, 5.74) is 1.83. The highest BCUT2D eigenvalue weighted by Crippen LogP contribution is 2.29. The van der Waals surface area contributed by atoms with Crippen LogP contribution in [0, 0.1) is 11.8 Å². The fourth-order valence-corrected chi connectivity index (χ4v) is 6.09. The third kappa shape index (κ3) is 14.1. The van der Waals surface area contributed by atoms with Crippen molar-refractivity contribution < 1.29 is 43.2 Å². The molecule has 13 heteroatoms. The average Bonchev–Trinajstić information content (AvgIpc) is 3.09. The number of methoxy groups -OCH3 is 1. The van der Waals surface area contributed by atoms with Crippen molar-refractivity contribution in [3.05, 3.63) is 71.8 Å². The van der Waals surface area contributed by atoms with Crippen molar-refractivity contribution in [1.82, 2.24) is 20.4 Å². The molecule has 2 aliphatic rings. The highest BCUT2D eigenvalue weighted by molar-refractivity contribution is 5.79. The zero-order valence-electron chi connectivity index (χ0n) is 29.2. The van der Waals surface area contributed by atoms with E-state index in [2.05, 4.69) is 10.6 Å². The lowest BCUT2D eigenvalue weighted by Crippen LogP contribution is -2.46. The van der Waals surface area contributed by atoms with E-state index in [0.717, 1.165) is 11.1 Å². The molecule has 2 aromatic carbocycles. The van der Waals surface area contributed by atoms with Crippen molar-refractivity contribution in [2.75, 3.05) is 42.1 Å². The number of alkyl carbamates (subject to hydrolysis) is 2. The lowest BCUT2D eigenvalue weighted by atomic mass is 9.83. The molecule has 0 saturated heterocycles. The average molecular weight is 685 g/mol. The van der Waals surface area contributed by atoms with Gasteiger partial charge in [0.1, 0.15) is 20.0 Å². The van der Waals surface area contributed by atoms with Gasteiger partial charge in [-0.25, -0.2) is 9.59 Å². The van der Waals surface area contributed by atoms with Gasteiger partial charge >= 0.3 is 12.2 Å². The Hall–Kier alpha value is -4.20. The lowest BCUT2D eigenvalue weighted by Gasteiger charge is -2.35. The molecular weight excluding hydrogens is 632 g/mol. The third-order valence-electron chi connectivity index (χ3n) is 8.42. The van der Waals surface area contributed by atoms with Crippen molar-refractivity contribution in [3.8, 4) is 0 Å². The predicted octanol–water partition coefficient (Wildman–Crippen LogP) is 3.69. The van der Waals surface area contributed by atoms with Crippen LogP contribution in [0.5, 0.6) is 0 Å². The standard InChI is InChI=1S/C19H28N2O5.C17H24N2O4/c1-21(2)18(22)15-9-16(11-17(10-15)26-13-24-3)20-19(23)25-12-14-7-5-4-6-8-14;1-19(2)16(21)13-8-14(10-15(20)9-13)18-17(22)23-11-12-6-4-3-5-7-12/h4-8,15-17H,9-13H2,1-3H3,(H,20,23);3-7,13-15,20H,8-11H2,1-2H3,(H,18,22)/t15-,16+,17-;13-,14+,15-/m11/s1. The second kappa shape index (κ2) is 20.3. The number of carbonyl (C=O) groups excluding carboxylic acids is 4. The van der Waals surface area contributed by atoms with E-state index in [-0.39, 0.29) is 61.8 Å². The summed E-state index contributed by atoms with van der Waals surface area (Å²) in [6.45, 7) is 0.573. The summed E-state index contributed by atoms with van der Waals surface area (Å²) in [5.74, 6) is -0.443. The van der Waals surface area contributed by atoms with Gasteiger partial charge in [0, 0.05) is 59.2 Å². The molecule has 0 aromatic heterocycles. The maximum absolute atomic E-state index is 12.4. The number of aliphatic hydroxyl groups excluding tert-OH is 1. The van der Waals surface area contributed by atoms with E-state index in [4.69, 9.17) is 18.9 Å². The number of nitrogens with zero attached hydrogens (tertiary/aromatic N) is 2. The summed E-state index contributed by atoms with van der Waals surface area (Å²) < 4.78 is 21.1. The number of ether oxygens (including phenoxy) is 4. The van der Waals surface area contributed by atoms with E-state index in [0.29, 0.717) is 38.5 Å². The summed E-state index contributed by atoms with van der Waals surface area (Å²) in [6, 6.07) is 18.5. The summed E-state index contributed by atoms with van der Waals surface area (Å²) in [7, 11) is 8.42. The van der Waals surface area contributed by atoms with Gasteiger partial charge in [0.05, 0.1) is 12.2 Å². The zero-order chi connectivity index (χ0) is 35.8. The molecule has 0 aliphatic heterocycles. The molecule has 49 heavy (non-hydrogen) atoms. The maximum Gasteiger partial charge on any atom is 0.407 e. The normalized spacial score (nSPS) is 23.1. The largest absolute Gasteiger partial charge is 0.445 e. The molecule has 0 heterocycles. The van der Waals surface area contributed by atoms with E-state index in [1.807, 2.05) is 60.7 Å². The fraction of sp³-hybridized carbons (Fsp3) is 0.556. The molecule has 13 nitrogen and oxygen atoms in total. The van der Waals surface area contributed by atoms with Crippen molar-refractivity contribution in [3.63, 3.8) is 0 Å². The number of hydrogen-bond acceptors (Lipinski definition) is 9. The quantitative estimate of drug-likeness (QED) is 0.301. The van der Waals surface area contributed by atoms with Gasteiger partial charge in [-0.2, -0.15) is 0 Å². The first-order valence-electron chi connectivity index (χ1n) is 16.6. The zero-order valence-corrected chi connectivity index (χ0v) is 29.2. The van der Waals surface area contributed by atoms with Gasteiger partial charge in [-0.15, -0.1) is 0 Å². The molecule has 2 saturated carbocycles. The third-order valence-corrected chi connectivity index (χ3v) is 8.42. The topological polar surface area (TPSA) is 156 Å². The monoisotopic (exact) mass is 684 g/mol. The Morgan fingerprint density at radius 1 is 0.673 bits per heavy atom. The number of amides is 4. The van der Waals surface area contributed by atoms with Gasteiger partial charge in [0.15, 0.2) is 0 Å². The van der Waals surface area contributed by atoms with Gasteiger partial charge in [-0.3, -0.25) is 9.59 Å². The Labute approximate surface area is 289 Å². The summed E-state index contributed by atoms with van der Waals surface area (Å²) in [4.78, 5) is 51.5. The van der Waals surface area contributed by atoms with Crippen molar-refractivity contribution >= 4 is 24.0 Å². The molecule has 0 unspecified atom stereocenters. The minimum absolute atomic E-state index is 0.0202. The molecule has 3 N–H and O–H groups in total. The molecule has 270 valence electrons. The smallest absolute Gasteiger partial charge is 0.407 e. The Morgan fingerprint density at radius 2 is 1.12 bits per heavy atom. The van der Waals surface area contributed by atoms with Crippen LogP contribution in [0.15, 0.2) is 60.7 Å². The molecule has 4 rings (SSSR count). The SMILES string of the molecule is CN(C)C(=O)[C@H]1C[C@@H](O)C[C@@H](NC(=O)OCc2ccccc2)C1.COCO[C@H]1C[C@@H](NC(=O)OCc2ccccc2)C[C@@H](C(=O)N(C)C)C1. The molecular formula is C36H52N4O9. The van der Waals surface area contributed by atoms with Crippen LogP contribution in [0.4, 0.5) is 9.59 Å². The van der Waals surface area contributed by atoms with Gasteiger partial charge < -0.3 is 44.5 Å². The number of benzene rings is 2. The van der Waals surface area contributed by atoms with E-state index in [9.17, 15) is 24.3 Å². The number of carbonyl (C=O) groups is 4. The Balaban J connectivity index is 0.000000267. The molecule has 2 aliphatic carbocycles. The van der Waals surface area contributed by atoms with Crippen LogP contribution >= 0.6 is 0 Å². The van der Waals surface area contributed by atoms with Gasteiger partial charge in [-0.05, 0) is 49.7 Å². The number of rotatable bonds is 11. The van der Waals surface area contributed by atoms with Crippen LogP contribution in [0.25, 0.3) is 0 Å². The molecule has 2 fully saturated rings. The van der Waals surface area contributed by atoms with Gasteiger partial charge in [-0.1, -0.05) is 60.7 Å². The second-order valence-electron chi connectivity index (χ2n) is 12.9. The van der Waals surface area contributed by atoms with Crippen molar-refractivity contribution in [2.45, 2.75) is 76.0 Å². The van der Waals surface area contributed by atoms with E-state index < -0.39 is 18.3 Å². The first-order valence-corrected chi connectivity index (χ1v) is 16.6. The Morgan fingerprint density at radius 3 is 1.57 bits per heavy atom. The van der Waals surface area contributed by atoms with Crippen LogP contribution < -0.4 is 10.6 Å². The molecule has 4 amide bonds. The first-order chi connectivity index (χ1) is 23.4. The lowest BCUT2D eigenvalue weighted by molar-refractivity contribution is -0.139. The number of hydrogen-bond donors (Lipinski definition) is 3. The Bertz CT molecular complexity index is 1310. The van der Waals surface area contributed by atoms with E-state index in [1.165, 1.54) is 4.90 Å². The summed E-state index contributed by atoms with van der Waals surface area (Å²) >= 11 is 0. The number of aliphatic hydroxyl groups is 1. The van der Waals surface area contributed by atoms with Crippen molar-refractivity contribution in [1.29, 1.82) is 0 Å². The van der Waals surface area contributed by atoms with Crippen LogP contribution in [-0.2, 0) is 41.8 Å². The van der Waals surface area contributed by atoms with Crippen LogP contribution in [0.3, 0.4) is 0 Å². The highest BCUT2D eigenvalue weighted by Gasteiger charge is 2.36. The Kier molecular flexibility index (Phi) is 16.3. The number of nitrogens with one attached hydrogen (secondary N) is 2. The minimum Gasteiger partial charge on any atom is -0.445 e.